The number of amides is 1. The largest absolute Gasteiger partial charge is 0.396 e. The van der Waals surface area contributed by atoms with Crippen LogP contribution in [-0.2, 0) is 0 Å². The summed E-state index contributed by atoms with van der Waals surface area (Å²) in [6, 6.07) is 7.11. The summed E-state index contributed by atoms with van der Waals surface area (Å²) in [6.45, 7) is 0.224. The molecule has 2 saturated carbocycles. The minimum atomic E-state index is -2.90. The average molecular weight is 401 g/mol. The molecule has 3 atom stereocenters. The van der Waals surface area contributed by atoms with Crippen molar-refractivity contribution in [3.05, 3.63) is 35.4 Å². The Hall–Kier alpha value is -0.630. The smallest absolute Gasteiger partial charge is 0.269 e. The molecule has 1 amide bonds. The highest BCUT2D eigenvalue weighted by Gasteiger charge is 2.39. The Morgan fingerprint density at radius 1 is 1.12 bits per heavy atom. The van der Waals surface area contributed by atoms with Gasteiger partial charge in [0.2, 0.25) is 0 Å². The summed E-state index contributed by atoms with van der Waals surface area (Å²) in [5.41, 5.74) is -2.84. The lowest BCUT2D eigenvalue weighted by Gasteiger charge is -2.37. The first-order chi connectivity index (χ1) is 12.3. The standard InChI is InChI=1S/C19H27F2NO2P2/c20-19(21,26)17(25)13-3-5-14(6-4-13)18(24)22(16-9-10-16)15-7-1-12(11-23)2-8-15/h3-6,12,15-17,23H,1-2,7-11,25-26H2. The van der Waals surface area contributed by atoms with Crippen molar-refractivity contribution >= 4 is 24.4 Å². The molecule has 2 aliphatic carbocycles. The van der Waals surface area contributed by atoms with E-state index in [2.05, 4.69) is 9.24 Å². The predicted octanol–water partition coefficient (Wildman–Crippen LogP) is 4.23. The van der Waals surface area contributed by atoms with Crippen LogP contribution in [0.15, 0.2) is 24.3 Å². The Kier molecular flexibility index (Phi) is 6.32. The highest BCUT2D eigenvalue weighted by Crippen LogP contribution is 2.43. The van der Waals surface area contributed by atoms with E-state index in [0.717, 1.165) is 38.5 Å². The Morgan fingerprint density at radius 2 is 1.62 bits per heavy atom. The summed E-state index contributed by atoms with van der Waals surface area (Å²) in [7, 11) is 3.73. The van der Waals surface area contributed by atoms with Gasteiger partial charge in [-0.15, -0.1) is 9.24 Å². The molecule has 1 aromatic rings. The number of halogens is 2. The number of nitrogens with zero attached hydrogens (tertiary/aromatic N) is 1. The average Bonchev–Trinajstić information content (AvgIpc) is 3.46. The fourth-order valence-electron chi connectivity index (χ4n) is 3.79. The molecule has 0 saturated heterocycles. The van der Waals surface area contributed by atoms with E-state index in [0.29, 0.717) is 23.1 Å². The first-order valence-electron chi connectivity index (χ1n) is 9.27. The second kappa shape index (κ2) is 8.17. The van der Waals surface area contributed by atoms with E-state index in [-0.39, 0.29) is 18.6 Å². The zero-order valence-electron chi connectivity index (χ0n) is 14.8. The van der Waals surface area contributed by atoms with Gasteiger partial charge < -0.3 is 10.0 Å². The minimum Gasteiger partial charge on any atom is -0.396 e. The van der Waals surface area contributed by atoms with Gasteiger partial charge in [0, 0.05) is 24.3 Å². The summed E-state index contributed by atoms with van der Waals surface area (Å²) in [5, 5.41) is 9.32. The number of hydrogen-bond donors (Lipinski definition) is 1. The van der Waals surface area contributed by atoms with Gasteiger partial charge in [-0.2, -0.15) is 0 Å². The maximum absolute atomic E-state index is 13.5. The molecule has 0 aromatic heterocycles. The van der Waals surface area contributed by atoms with Crippen LogP contribution in [0.5, 0.6) is 0 Å². The molecule has 0 aliphatic heterocycles. The van der Waals surface area contributed by atoms with E-state index in [4.69, 9.17) is 0 Å². The second-order valence-electron chi connectivity index (χ2n) is 7.57. The zero-order valence-corrected chi connectivity index (χ0v) is 17.1. The Labute approximate surface area is 158 Å². The van der Waals surface area contributed by atoms with Crippen molar-refractivity contribution in [2.75, 3.05) is 6.61 Å². The van der Waals surface area contributed by atoms with Gasteiger partial charge in [-0.25, -0.2) is 8.78 Å². The topological polar surface area (TPSA) is 40.5 Å². The van der Waals surface area contributed by atoms with Crippen molar-refractivity contribution in [2.45, 2.75) is 61.9 Å². The molecule has 0 spiro atoms. The van der Waals surface area contributed by atoms with Gasteiger partial charge in [0.1, 0.15) is 0 Å². The fourth-order valence-corrected chi connectivity index (χ4v) is 4.21. The number of aliphatic hydroxyl groups excluding tert-OH is 1. The van der Waals surface area contributed by atoms with Gasteiger partial charge >= 0.3 is 0 Å². The summed E-state index contributed by atoms with van der Waals surface area (Å²) >= 11 is 0. The number of carbonyl (C=O) groups is 1. The van der Waals surface area contributed by atoms with E-state index in [1.807, 2.05) is 4.90 Å². The van der Waals surface area contributed by atoms with Gasteiger partial charge in [0.05, 0.1) is 5.66 Å². The third kappa shape index (κ3) is 4.61. The van der Waals surface area contributed by atoms with Crippen LogP contribution in [0.1, 0.15) is 60.1 Å². The monoisotopic (exact) mass is 401 g/mol. The van der Waals surface area contributed by atoms with Gasteiger partial charge in [0.15, 0.2) is 0 Å². The summed E-state index contributed by atoms with van der Waals surface area (Å²) in [6.07, 6.45) is 5.84. The van der Waals surface area contributed by atoms with E-state index in [1.54, 1.807) is 33.5 Å². The van der Waals surface area contributed by atoms with Crippen molar-refractivity contribution in [1.82, 2.24) is 4.90 Å². The Balaban J connectivity index is 1.72. The first-order valence-corrected chi connectivity index (χ1v) is 10.5. The van der Waals surface area contributed by atoms with Crippen LogP contribution >= 0.6 is 18.5 Å². The lowest BCUT2D eigenvalue weighted by molar-refractivity contribution is 0.0562. The number of hydrogen-bond acceptors (Lipinski definition) is 2. The third-order valence-electron chi connectivity index (χ3n) is 5.57. The van der Waals surface area contributed by atoms with Crippen molar-refractivity contribution in [3.8, 4) is 0 Å². The van der Waals surface area contributed by atoms with Gasteiger partial charge in [0.25, 0.3) is 11.6 Å². The maximum Gasteiger partial charge on any atom is 0.269 e. The second-order valence-corrected chi connectivity index (χ2v) is 9.01. The third-order valence-corrected chi connectivity index (χ3v) is 7.15. The van der Waals surface area contributed by atoms with Crippen LogP contribution in [0, 0.1) is 5.92 Å². The summed E-state index contributed by atoms with van der Waals surface area (Å²) in [5.74, 6) is 0.360. The number of aliphatic hydroxyl groups is 1. The highest BCUT2D eigenvalue weighted by molar-refractivity contribution is 7.23. The van der Waals surface area contributed by atoms with Gasteiger partial charge in [-0.1, -0.05) is 21.4 Å². The van der Waals surface area contributed by atoms with E-state index in [1.165, 1.54) is 0 Å². The fraction of sp³-hybridized carbons (Fsp3) is 0.632. The number of benzene rings is 1. The van der Waals surface area contributed by atoms with Crippen molar-refractivity contribution < 1.29 is 18.7 Å². The zero-order chi connectivity index (χ0) is 18.9. The lowest BCUT2D eigenvalue weighted by Crippen LogP contribution is -2.44. The van der Waals surface area contributed by atoms with Crippen LogP contribution in [0.4, 0.5) is 8.78 Å². The Morgan fingerprint density at radius 3 is 2.04 bits per heavy atom. The van der Waals surface area contributed by atoms with Crippen molar-refractivity contribution in [2.24, 2.45) is 5.92 Å². The van der Waals surface area contributed by atoms with Crippen LogP contribution in [0.2, 0.25) is 0 Å². The highest BCUT2D eigenvalue weighted by atomic mass is 31.0. The van der Waals surface area contributed by atoms with E-state index >= 15 is 0 Å². The van der Waals surface area contributed by atoms with Crippen LogP contribution in [0.25, 0.3) is 0 Å². The van der Waals surface area contributed by atoms with Crippen LogP contribution in [-0.4, -0.2) is 40.3 Å². The number of carbonyl (C=O) groups excluding carboxylic acids is 1. The first kappa shape index (κ1) is 20.1. The molecule has 26 heavy (non-hydrogen) atoms. The molecule has 1 aromatic carbocycles. The molecule has 0 heterocycles. The molecule has 0 radical (unpaired) electrons. The molecular formula is C19H27F2NO2P2. The maximum atomic E-state index is 13.5. The molecule has 3 nitrogen and oxygen atoms in total. The van der Waals surface area contributed by atoms with Crippen LogP contribution < -0.4 is 0 Å². The summed E-state index contributed by atoms with van der Waals surface area (Å²) < 4.78 is 26.9. The lowest BCUT2D eigenvalue weighted by atomic mass is 9.85. The molecule has 2 aliphatic rings. The quantitative estimate of drug-likeness (QED) is 0.725. The molecule has 1 N–H and O–H groups in total. The van der Waals surface area contributed by atoms with Gasteiger partial charge in [-0.3, -0.25) is 4.79 Å². The number of rotatable bonds is 6. The normalized spacial score (nSPS) is 25.0. The van der Waals surface area contributed by atoms with E-state index in [9.17, 15) is 18.7 Å². The number of alkyl halides is 2. The molecule has 144 valence electrons. The minimum absolute atomic E-state index is 0.00411. The Bertz CT molecular complexity index is 623. The molecule has 3 rings (SSSR count). The van der Waals surface area contributed by atoms with E-state index < -0.39 is 11.3 Å². The molecular weight excluding hydrogens is 374 g/mol. The molecule has 2 fully saturated rings. The molecule has 7 heteroatoms. The molecule has 0 bridgehead atoms. The molecule has 3 unspecified atom stereocenters. The SMILES string of the molecule is O=C(c1ccc(C(P)C(F)(F)P)cc1)N(C1CCC(CO)CC1)C1CC1. The van der Waals surface area contributed by atoms with Crippen LogP contribution in [0.3, 0.4) is 0 Å². The predicted molar refractivity (Wildman–Crippen MR) is 106 cm³/mol. The van der Waals surface area contributed by atoms with Gasteiger partial charge in [-0.05, 0) is 62.1 Å². The van der Waals surface area contributed by atoms with Crippen molar-refractivity contribution in [1.29, 1.82) is 0 Å². The summed E-state index contributed by atoms with van der Waals surface area (Å²) in [4.78, 5) is 15.1. The van der Waals surface area contributed by atoms with Crippen molar-refractivity contribution in [3.63, 3.8) is 0 Å².